The van der Waals surface area contributed by atoms with Crippen LogP contribution in [0.3, 0.4) is 0 Å². The number of nitrogens with one attached hydrogen (secondary N) is 1. The number of rotatable bonds is 5. The molecule has 1 aromatic carbocycles. The highest BCUT2D eigenvalue weighted by Crippen LogP contribution is 2.00. The molecular formula is C13H17ClN2O2. The van der Waals surface area contributed by atoms with Gasteiger partial charge in [-0.25, -0.2) is 4.79 Å². The number of imide groups is 1. The zero-order valence-corrected chi connectivity index (χ0v) is 11.1. The van der Waals surface area contributed by atoms with Gasteiger partial charge in [0, 0.05) is 25.9 Å². The van der Waals surface area contributed by atoms with E-state index in [0.717, 1.165) is 12.0 Å². The SMILES string of the molecule is CN(CCc1ccccc1)C(=O)NC(=O)CCCl. The third-order valence-electron chi connectivity index (χ3n) is 2.49. The Hall–Kier alpha value is -1.55. The fraction of sp³-hybridized carbons (Fsp3) is 0.385. The van der Waals surface area contributed by atoms with Gasteiger partial charge in [0.15, 0.2) is 0 Å². The Morgan fingerprint density at radius 1 is 1.28 bits per heavy atom. The first-order valence-electron chi connectivity index (χ1n) is 5.78. The highest BCUT2D eigenvalue weighted by molar-refractivity contribution is 6.19. The number of alkyl halides is 1. The summed E-state index contributed by atoms with van der Waals surface area (Å²) >= 11 is 5.41. The fourth-order valence-electron chi connectivity index (χ4n) is 1.41. The van der Waals surface area contributed by atoms with Gasteiger partial charge in [-0.3, -0.25) is 10.1 Å². The van der Waals surface area contributed by atoms with Crippen molar-refractivity contribution in [1.82, 2.24) is 10.2 Å². The van der Waals surface area contributed by atoms with Crippen LogP contribution < -0.4 is 5.32 Å². The Bertz CT molecular complexity index is 395. The molecular weight excluding hydrogens is 252 g/mol. The second-order valence-electron chi connectivity index (χ2n) is 3.95. The molecule has 1 rings (SSSR count). The molecule has 98 valence electrons. The normalized spacial score (nSPS) is 9.89. The molecule has 0 aliphatic heterocycles. The van der Waals surface area contributed by atoms with Crippen molar-refractivity contribution < 1.29 is 9.59 Å². The van der Waals surface area contributed by atoms with Gasteiger partial charge in [-0.2, -0.15) is 0 Å². The molecule has 0 heterocycles. The van der Waals surface area contributed by atoms with Crippen LogP contribution in [-0.4, -0.2) is 36.3 Å². The summed E-state index contributed by atoms with van der Waals surface area (Å²) in [5, 5.41) is 2.28. The van der Waals surface area contributed by atoms with Gasteiger partial charge < -0.3 is 4.90 Å². The molecule has 0 saturated carbocycles. The standard InChI is InChI=1S/C13H17ClN2O2/c1-16(13(18)15-12(17)7-9-14)10-8-11-5-3-2-4-6-11/h2-6H,7-10H2,1H3,(H,15,17,18). The molecule has 0 spiro atoms. The maximum absolute atomic E-state index is 11.6. The second kappa shape index (κ2) is 7.71. The van der Waals surface area contributed by atoms with Crippen molar-refractivity contribution in [1.29, 1.82) is 0 Å². The Morgan fingerprint density at radius 2 is 1.94 bits per heavy atom. The largest absolute Gasteiger partial charge is 0.327 e. The average molecular weight is 269 g/mol. The van der Waals surface area contributed by atoms with E-state index in [-0.39, 0.29) is 24.2 Å². The average Bonchev–Trinajstić information content (AvgIpc) is 2.37. The van der Waals surface area contributed by atoms with E-state index in [0.29, 0.717) is 6.54 Å². The van der Waals surface area contributed by atoms with Crippen LogP contribution in [0.1, 0.15) is 12.0 Å². The van der Waals surface area contributed by atoms with E-state index in [4.69, 9.17) is 11.6 Å². The van der Waals surface area contributed by atoms with E-state index in [1.807, 2.05) is 30.3 Å². The summed E-state index contributed by atoms with van der Waals surface area (Å²) in [4.78, 5) is 24.3. The Balaban J connectivity index is 2.34. The van der Waals surface area contributed by atoms with Crippen LogP contribution in [0.25, 0.3) is 0 Å². The first kappa shape index (κ1) is 14.5. The first-order chi connectivity index (χ1) is 8.63. The van der Waals surface area contributed by atoms with Crippen LogP contribution in [0, 0.1) is 0 Å². The van der Waals surface area contributed by atoms with Crippen molar-refractivity contribution in [2.45, 2.75) is 12.8 Å². The van der Waals surface area contributed by atoms with Crippen LogP contribution >= 0.6 is 11.6 Å². The van der Waals surface area contributed by atoms with E-state index in [9.17, 15) is 9.59 Å². The van der Waals surface area contributed by atoms with Crippen molar-refractivity contribution in [2.75, 3.05) is 19.5 Å². The van der Waals surface area contributed by atoms with E-state index in [1.54, 1.807) is 7.05 Å². The van der Waals surface area contributed by atoms with Gasteiger partial charge in [-0.05, 0) is 12.0 Å². The van der Waals surface area contributed by atoms with Gasteiger partial charge in [0.05, 0.1) is 0 Å². The molecule has 0 saturated heterocycles. The van der Waals surface area contributed by atoms with Crippen molar-refractivity contribution >= 4 is 23.5 Å². The molecule has 1 aromatic rings. The van der Waals surface area contributed by atoms with Crippen molar-refractivity contribution in [3.63, 3.8) is 0 Å². The van der Waals surface area contributed by atoms with Crippen molar-refractivity contribution in [3.8, 4) is 0 Å². The lowest BCUT2D eigenvalue weighted by Crippen LogP contribution is -2.41. The van der Waals surface area contributed by atoms with Gasteiger partial charge in [0.25, 0.3) is 0 Å². The zero-order valence-electron chi connectivity index (χ0n) is 10.4. The molecule has 0 radical (unpaired) electrons. The zero-order chi connectivity index (χ0) is 13.4. The highest BCUT2D eigenvalue weighted by atomic mass is 35.5. The molecule has 18 heavy (non-hydrogen) atoms. The van der Waals surface area contributed by atoms with Crippen molar-refractivity contribution in [3.05, 3.63) is 35.9 Å². The molecule has 0 unspecified atom stereocenters. The second-order valence-corrected chi connectivity index (χ2v) is 4.33. The lowest BCUT2D eigenvalue weighted by Gasteiger charge is -2.17. The number of halogens is 1. The maximum atomic E-state index is 11.6. The summed E-state index contributed by atoms with van der Waals surface area (Å²) in [6.07, 6.45) is 0.911. The van der Waals surface area contributed by atoms with E-state index >= 15 is 0 Å². The van der Waals surface area contributed by atoms with Crippen LogP contribution in [0.4, 0.5) is 4.79 Å². The molecule has 0 aliphatic rings. The lowest BCUT2D eigenvalue weighted by molar-refractivity contribution is -0.119. The van der Waals surface area contributed by atoms with Crippen LogP contribution in [0.15, 0.2) is 30.3 Å². The number of benzene rings is 1. The smallest absolute Gasteiger partial charge is 0.323 e. The van der Waals surface area contributed by atoms with Gasteiger partial charge in [0.1, 0.15) is 0 Å². The summed E-state index contributed by atoms with van der Waals surface area (Å²) in [5.74, 6) is -0.131. The monoisotopic (exact) mass is 268 g/mol. The number of amides is 3. The predicted octanol–water partition coefficient (Wildman–Crippen LogP) is 2.03. The van der Waals surface area contributed by atoms with E-state index in [2.05, 4.69) is 5.32 Å². The Labute approximate surface area is 112 Å². The molecule has 0 aliphatic carbocycles. The Morgan fingerprint density at radius 3 is 2.56 bits per heavy atom. The van der Waals surface area contributed by atoms with E-state index in [1.165, 1.54) is 4.90 Å². The number of urea groups is 1. The van der Waals surface area contributed by atoms with Gasteiger partial charge >= 0.3 is 6.03 Å². The summed E-state index contributed by atoms with van der Waals surface area (Å²) < 4.78 is 0. The fourth-order valence-corrected chi connectivity index (χ4v) is 1.58. The summed E-state index contributed by atoms with van der Waals surface area (Å²) in [6, 6.07) is 9.49. The van der Waals surface area contributed by atoms with Crippen molar-refractivity contribution in [2.24, 2.45) is 0 Å². The quantitative estimate of drug-likeness (QED) is 0.831. The number of nitrogens with zero attached hydrogens (tertiary/aromatic N) is 1. The minimum Gasteiger partial charge on any atom is -0.327 e. The molecule has 0 bridgehead atoms. The molecule has 4 nitrogen and oxygen atoms in total. The number of likely N-dealkylation sites (N-methyl/N-ethyl adjacent to an activating group) is 1. The third-order valence-corrected chi connectivity index (χ3v) is 2.68. The lowest BCUT2D eigenvalue weighted by atomic mass is 10.1. The summed E-state index contributed by atoms with van der Waals surface area (Å²) in [7, 11) is 1.66. The van der Waals surface area contributed by atoms with Gasteiger partial charge in [-0.15, -0.1) is 11.6 Å². The summed E-state index contributed by atoms with van der Waals surface area (Å²) in [6.45, 7) is 0.560. The molecule has 1 N–H and O–H groups in total. The molecule has 0 aromatic heterocycles. The molecule has 5 heteroatoms. The minimum atomic E-state index is -0.388. The number of carbonyl (C=O) groups excluding carboxylic acids is 2. The first-order valence-corrected chi connectivity index (χ1v) is 6.31. The van der Waals surface area contributed by atoms with Crippen LogP contribution in [-0.2, 0) is 11.2 Å². The van der Waals surface area contributed by atoms with E-state index < -0.39 is 0 Å². The number of carbonyl (C=O) groups is 2. The molecule has 0 fully saturated rings. The van der Waals surface area contributed by atoms with Gasteiger partial charge in [-0.1, -0.05) is 30.3 Å². The van der Waals surface area contributed by atoms with Crippen LogP contribution in [0.5, 0.6) is 0 Å². The number of hydrogen-bond acceptors (Lipinski definition) is 2. The molecule has 0 atom stereocenters. The topological polar surface area (TPSA) is 49.4 Å². The minimum absolute atomic E-state index is 0.153. The Kier molecular flexibility index (Phi) is 6.22. The number of hydrogen-bond donors (Lipinski definition) is 1. The predicted molar refractivity (Wildman–Crippen MR) is 71.7 cm³/mol. The van der Waals surface area contributed by atoms with Gasteiger partial charge in [0.2, 0.25) is 5.91 Å². The van der Waals surface area contributed by atoms with Crippen LogP contribution in [0.2, 0.25) is 0 Å². The third kappa shape index (κ3) is 5.19. The summed E-state index contributed by atoms with van der Waals surface area (Å²) in [5.41, 5.74) is 1.16. The molecule has 3 amide bonds. The maximum Gasteiger partial charge on any atom is 0.323 e. The highest BCUT2D eigenvalue weighted by Gasteiger charge is 2.11.